The van der Waals surface area contributed by atoms with Crippen LogP contribution in [0.1, 0.15) is 55.4 Å². The summed E-state index contributed by atoms with van der Waals surface area (Å²) < 4.78 is 39.1. The first-order chi connectivity index (χ1) is 19.5. The van der Waals surface area contributed by atoms with Gasteiger partial charge in [-0.2, -0.15) is 10.2 Å². The summed E-state index contributed by atoms with van der Waals surface area (Å²) in [6.45, 7) is 16.3. The van der Waals surface area contributed by atoms with Gasteiger partial charge in [0.2, 0.25) is 0 Å². The molecule has 4 aromatic rings. The third-order valence-corrected chi connectivity index (χ3v) is 8.96. The number of hydrogen-bond acceptors (Lipinski definition) is 8. The molecule has 0 spiro atoms. The minimum absolute atomic E-state index is 0.368. The third kappa shape index (κ3) is 5.30. The van der Waals surface area contributed by atoms with Crippen molar-refractivity contribution in [3.8, 4) is 11.5 Å². The fourth-order valence-electron chi connectivity index (χ4n) is 5.05. The fraction of sp³-hybridized carbons (Fsp3) is 0.533. The molecule has 0 radical (unpaired) electrons. The molecule has 0 aliphatic carbocycles. The Morgan fingerprint density at radius 3 is 1.17 bits per heavy atom. The molecule has 0 atom stereocenters. The summed E-state index contributed by atoms with van der Waals surface area (Å²) in [5, 5.41) is 10.9. The van der Waals surface area contributed by atoms with Crippen LogP contribution in [0.15, 0.2) is 36.7 Å². The van der Waals surface area contributed by atoms with Crippen molar-refractivity contribution in [1.29, 1.82) is 0 Å². The van der Waals surface area contributed by atoms with Crippen LogP contribution in [0.4, 0.5) is 0 Å². The highest BCUT2D eigenvalue weighted by atomic mass is 16.7. The molecule has 224 valence electrons. The molecule has 6 rings (SSSR count). The topological polar surface area (TPSA) is 91.0 Å². The highest BCUT2D eigenvalue weighted by molar-refractivity contribution is 6.64. The van der Waals surface area contributed by atoms with Crippen LogP contribution in [0, 0.1) is 0 Å². The van der Waals surface area contributed by atoms with Crippen LogP contribution in [0.5, 0.6) is 11.5 Å². The van der Waals surface area contributed by atoms with Gasteiger partial charge in [0.05, 0.1) is 47.7 Å². The van der Waals surface area contributed by atoms with Crippen molar-refractivity contribution in [3.05, 3.63) is 36.7 Å². The second-order valence-corrected chi connectivity index (χ2v) is 13.1. The number of fused-ring (bicyclic) bond motifs is 2. The van der Waals surface area contributed by atoms with Crippen LogP contribution in [0.2, 0.25) is 0 Å². The first-order valence-corrected chi connectivity index (χ1v) is 14.2. The monoisotopic (exact) mass is 576 g/mol. The van der Waals surface area contributed by atoms with Gasteiger partial charge < -0.3 is 28.1 Å². The maximum absolute atomic E-state index is 6.12. The molecule has 2 fully saturated rings. The van der Waals surface area contributed by atoms with E-state index in [0.29, 0.717) is 0 Å². The summed E-state index contributed by atoms with van der Waals surface area (Å²) in [4.78, 5) is 0. The molecule has 2 aromatic heterocycles. The van der Waals surface area contributed by atoms with Crippen LogP contribution in [-0.2, 0) is 32.7 Å². The van der Waals surface area contributed by atoms with Crippen molar-refractivity contribution in [1.82, 2.24) is 19.6 Å². The molecule has 42 heavy (non-hydrogen) atoms. The van der Waals surface area contributed by atoms with Gasteiger partial charge in [0, 0.05) is 60.3 Å². The SMILES string of the molecule is COc1cc2nn(C)cc2cc1B1OC(C)(C)C(C)(C)O1.COc1cc2nn(C)cc2cc1B1OC(C)(C)C(C)(C)O1. The van der Waals surface area contributed by atoms with Gasteiger partial charge in [0.25, 0.3) is 0 Å². The first-order valence-electron chi connectivity index (χ1n) is 14.2. The van der Waals surface area contributed by atoms with E-state index in [2.05, 4.69) is 10.2 Å². The maximum Gasteiger partial charge on any atom is 0.498 e. The Hall–Kier alpha value is -3.05. The zero-order valence-electron chi connectivity index (χ0n) is 26.9. The average molecular weight is 576 g/mol. The lowest BCUT2D eigenvalue weighted by Gasteiger charge is -2.32. The lowest BCUT2D eigenvalue weighted by atomic mass is 9.78. The number of aromatic nitrogens is 4. The van der Waals surface area contributed by atoms with Crippen molar-refractivity contribution in [2.45, 2.75) is 77.8 Å². The van der Waals surface area contributed by atoms with Gasteiger partial charge in [-0.1, -0.05) is 0 Å². The van der Waals surface area contributed by atoms with Gasteiger partial charge in [-0.05, 0) is 67.5 Å². The summed E-state index contributed by atoms with van der Waals surface area (Å²) in [5.74, 6) is 1.47. The summed E-state index contributed by atoms with van der Waals surface area (Å²) in [6, 6.07) is 7.91. The second kappa shape index (κ2) is 10.3. The summed E-state index contributed by atoms with van der Waals surface area (Å²) in [5.41, 5.74) is 2.12. The van der Waals surface area contributed by atoms with E-state index in [0.717, 1.165) is 44.2 Å². The molecule has 2 aromatic carbocycles. The lowest BCUT2D eigenvalue weighted by Crippen LogP contribution is -2.41. The Balaban J connectivity index is 0.000000168. The molecule has 2 aliphatic rings. The molecule has 4 heterocycles. The molecule has 0 N–H and O–H groups in total. The van der Waals surface area contributed by atoms with Crippen LogP contribution in [0.3, 0.4) is 0 Å². The molecule has 10 nitrogen and oxygen atoms in total. The molecule has 0 bridgehead atoms. The molecule has 0 saturated carbocycles. The standard InChI is InChI=1S/2C15H21BN2O3/c2*1-14(2)15(3,4)21-16(20-14)11-7-10-9-18(5)17-12(10)8-13(11)19-6/h2*7-9H,1-6H3. The van der Waals surface area contributed by atoms with Crippen molar-refractivity contribution >= 4 is 47.0 Å². The number of aryl methyl sites for hydroxylation is 2. The predicted octanol–water partition coefficient (Wildman–Crippen LogP) is 3.76. The number of hydrogen-bond donors (Lipinski definition) is 0. The van der Waals surface area contributed by atoms with Crippen molar-refractivity contribution in [2.75, 3.05) is 14.2 Å². The zero-order valence-corrected chi connectivity index (χ0v) is 26.9. The average Bonchev–Trinajstić information content (AvgIpc) is 3.56. The molecular weight excluding hydrogens is 534 g/mol. The van der Waals surface area contributed by atoms with E-state index < -0.39 is 14.2 Å². The lowest BCUT2D eigenvalue weighted by molar-refractivity contribution is 0.00578. The zero-order chi connectivity index (χ0) is 30.8. The predicted molar refractivity (Wildman–Crippen MR) is 166 cm³/mol. The molecule has 12 heteroatoms. The largest absolute Gasteiger partial charge is 0.498 e. The van der Waals surface area contributed by atoms with E-state index in [9.17, 15) is 0 Å². The van der Waals surface area contributed by atoms with Gasteiger partial charge in [-0.15, -0.1) is 0 Å². The number of ether oxygens (including phenoxy) is 2. The van der Waals surface area contributed by atoms with E-state index in [4.69, 9.17) is 28.1 Å². The minimum Gasteiger partial charge on any atom is -0.497 e. The van der Waals surface area contributed by atoms with E-state index >= 15 is 0 Å². The Kier molecular flexibility index (Phi) is 7.45. The Bertz CT molecular complexity index is 1480. The van der Waals surface area contributed by atoms with Gasteiger partial charge in [0.15, 0.2) is 0 Å². The quantitative estimate of drug-likeness (QED) is 0.340. The second-order valence-electron chi connectivity index (χ2n) is 13.1. The first kappa shape index (κ1) is 30.4. The highest BCUT2D eigenvalue weighted by Gasteiger charge is 2.53. The van der Waals surface area contributed by atoms with Gasteiger partial charge in [0.1, 0.15) is 11.5 Å². The third-order valence-electron chi connectivity index (χ3n) is 8.96. The summed E-state index contributed by atoms with van der Waals surface area (Å²) in [6.07, 6.45) is 3.95. The fourth-order valence-corrected chi connectivity index (χ4v) is 5.05. The van der Waals surface area contributed by atoms with Gasteiger partial charge >= 0.3 is 14.2 Å². The van der Waals surface area contributed by atoms with E-state index in [1.807, 2.05) is 106 Å². The Morgan fingerprint density at radius 1 is 0.571 bits per heavy atom. The molecular formula is C30H42B2N4O6. The van der Waals surface area contributed by atoms with Crippen LogP contribution in [0.25, 0.3) is 21.8 Å². The Morgan fingerprint density at radius 2 is 0.881 bits per heavy atom. The minimum atomic E-state index is -0.436. The number of methoxy groups -OCH3 is 2. The number of nitrogens with zero attached hydrogens (tertiary/aromatic N) is 4. The number of benzene rings is 2. The highest BCUT2D eigenvalue weighted by Crippen LogP contribution is 2.38. The Labute approximate surface area is 248 Å². The van der Waals surface area contributed by atoms with Crippen molar-refractivity contribution < 1.29 is 28.1 Å². The van der Waals surface area contributed by atoms with Gasteiger partial charge in [-0.3, -0.25) is 9.36 Å². The van der Waals surface area contributed by atoms with E-state index in [1.165, 1.54) is 0 Å². The number of rotatable bonds is 4. The normalized spacial score (nSPS) is 20.2. The van der Waals surface area contributed by atoms with Crippen LogP contribution in [-0.4, -0.2) is 70.4 Å². The van der Waals surface area contributed by atoms with Crippen molar-refractivity contribution in [3.63, 3.8) is 0 Å². The van der Waals surface area contributed by atoms with E-state index in [1.54, 1.807) is 23.6 Å². The summed E-state index contributed by atoms with van der Waals surface area (Å²) >= 11 is 0. The van der Waals surface area contributed by atoms with E-state index in [-0.39, 0.29) is 22.4 Å². The van der Waals surface area contributed by atoms with Crippen molar-refractivity contribution in [2.24, 2.45) is 14.1 Å². The smallest absolute Gasteiger partial charge is 0.497 e. The van der Waals surface area contributed by atoms with Crippen LogP contribution < -0.4 is 20.4 Å². The summed E-state index contributed by atoms with van der Waals surface area (Å²) in [7, 11) is 6.24. The van der Waals surface area contributed by atoms with Crippen LogP contribution >= 0.6 is 0 Å². The molecule has 2 aliphatic heterocycles. The molecule has 0 unspecified atom stereocenters. The molecule has 0 amide bonds. The van der Waals surface area contributed by atoms with Gasteiger partial charge in [-0.25, -0.2) is 0 Å². The maximum atomic E-state index is 6.12. The molecule has 2 saturated heterocycles.